The number of fused-ring (bicyclic) bond motifs is 5. The minimum absolute atomic E-state index is 0.0402. The molecule has 2 bridgehead atoms. The van der Waals surface area contributed by atoms with Gasteiger partial charge in [-0.2, -0.15) is 0 Å². The number of nitrogens with one attached hydrogen (secondary N) is 1. The number of ketones is 1. The summed E-state index contributed by atoms with van der Waals surface area (Å²) in [4.78, 5) is 83.8. The summed E-state index contributed by atoms with van der Waals surface area (Å²) in [5, 5.41) is 40.2. The first-order valence-corrected chi connectivity index (χ1v) is 21.1. The molecule has 1 amide bonds. The summed E-state index contributed by atoms with van der Waals surface area (Å²) < 4.78 is 49.5. The summed E-state index contributed by atoms with van der Waals surface area (Å²) in [6.45, 7) is 7.76. The molecule has 0 spiro atoms. The largest absolute Gasteiger partial charge is 0.497 e. The van der Waals surface area contributed by atoms with Crippen molar-refractivity contribution in [3.8, 4) is 5.75 Å². The molecule has 16 nitrogen and oxygen atoms in total. The van der Waals surface area contributed by atoms with Crippen LogP contribution in [0.4, 0.5) is 4.39 Å². The summed E-state index contributed by atoms with van der Waals surface area (Å²) in [6, 6.07) is 16.8. The second-order valence-corrected chi connectivity index (χ2v) is 17.9. The zero-order valence-electron chi connectivity index (χ0n) is 36.9. The monoisotopic (exact) mass is 901 g/mol. The Bertz CT molecular complexity index is 2400. The number of Topliss-reactive ketones (excluding diaryl/α,β-unsaturated/α-hetero) is 1. The van der Waals surface area contributed by atoms with E-state index in [4.69, 9.17) is 28.4 Å². The first kappa shape index (κ1) is 47.0. The fourth-order valence-corrected chi connectivity index (χ4v) is 10.3. The highest BCUT2D eigenvalue weighted by molar-refractivity contribution is 5.96. The fourth-order valence-electron chi connectivity index (χ4n) is 10.3. The van der Waals surface area contributed by atoms with Gasteiger partial charge >= 0.3 is 23.9 Å². The minimum Gasteiger partial charge on any atom is -0.497 e. The molecular weight excluding hydrogens is 850 g/mol. The standard InChI is InChI=1S/C48H52FNO15/c1-24-32(63-44(58)37(54)36(27-13-17-30(49)18-14-27)50-42(56)28-15-19-31(60-7)20-16-28)22-48(59)41(64-43(57)29-11-9-8-10-12-29)39-46(6,33(53)21-34-47(39,23-61-34)65-26(3)52)40(55)38(62-25(2)51)35(24)45(48,4)5/h8-20,32-34,36-39,41,53-54,59H,21-23H2,1-7H3,(H,50,56)/t32-,33-,34+,36?,37+,38+,39-,41-,46+,47-,48+/m0/s1. The van der Waals surface area contributed by atoms with E-state index in [0.29, 0.717) is 5.75 Å². The molecule has 0 aromatic heterocycles. The Hall–Kier alpha value is -6.01. The predicted molar refractivity (Wildman–Crippen MR) is 224 cm³/mol. The van der Waals surface area contributed by atoms with Crippen molar-refractivity contribution in [1.82, 2.24) is 5.32 Å². The number of aliphatic hydroxyl groups excluding tert-OH is 2. The number of ether oxygens (including phenoxy) is 6. The van der Waals surface area contributed by atoms with Crippen LogP contribution >= 0.6 is 0 Å². The van der Waals surface area contributed by atoms with Crippen LogP contribution in [0.15, 0.2) is 90.0 Å². The Labute approximate surface area is 374 Å². The Balaban J connectivity index is 1.37. The molecule has 1 aliphatic heterocycles. The van der Waals surface area contributed by atoms with E-state index in [1.54, 1.807) is 18.2 Å². The number of amides is 1. The molecule has 7 rings (SSSR count). The van der Waals surface area contributed by atoms with Gasteiger partial charge in [-0.05, 0) is 79.1 Å². The SMILES string of the molecule is COc1ccc(C(=O)NC(c2ccc(F)cc2)[C@@H](O)C(=O)O[C@H]2C[C@@]3(O)[C@@H](OC(=O)c4ccccc4)[C@@H]4[C@]5(OC(C)=O)CO[C@@H]5C[C@H](O)[C@@]4(C)C(=O)[C@H](OC(C)=O)C(=C2C)C3(C)C)cc1. The normalized spacial score (nSPS) is 30.9. The lowest BCUT2D eigenvalue weighted by Crippen LogP contribution is -2.82. The van der Waals surface area contributed by atoms with E-state index in [0.717, 1.165) is 26.0 Å². The number of hydrogen-bond donors (Lipinski definition) is 4. The van der Waals surface area contributed by atoms with Gasteiger partial charge in [-0.15, -0.1) is 0 Å². The van der Waals surface area contributed by atoms with E-state index in [1.165, 1.54) is 83.3 Å². The zero-order chi connectivity index (χ0) is 47.4. The van der Waals surface area contributed by atoms with Gasteiger partial charge in [0, 0.05) is 37.7 Å². The number of hydrogen-bond acceptors (Lipinski definition) is 15. The Morgan fingerprint density at radius 1 is 0.877 bits per heavy atom. The van der Waals surface area contributed by atoms with Crippen molar-refractivity contribution in [3.63, 3.8) is 0 Å². The highest BCUT2D eigenvalue weighted by Gasteiger charge is 2.78. The average Bonchev–Trinajstić information content (AvgIpc) is 3.26. The van der Waals surface area contributed by atoms with Crippen LogP contribution < -0.4 is 10.1 Å². The van der Waals surface area contributed by atoms with Crippen molar-refractivity contribution >= 4 is 35.6 Å². The van der Waals surface area contributed by atoms with Gasteiger partial charge in [0.15, 0.2) is 23.6 Å². The number of carbonyl (C=O) groups excluding carboxylic acids is 6. The van der Waals surface area contributed by atoms with Crippen molar-refractivity contribution < 1.29 is 76.9 Å². The van der Waals surface area contributed by atoms with E-state index in [1.807, 2.05) is 0 Å². The van der Waals surface area contributed by atoms with E-state index < -0.39 is 118 Å². The molecule has 65 heavy (non-hydrogen) atoms. The second kappa shape index (κ2) is 17.4. The molecule has 1 heterocycles. The number of benzene rings is 3. The van der Waals surface area contributed by atoms with Crippen molar-refractivity contribution in [2.75, 3.05) is 13.7 Å². The van der Waals surface area contributed by atoms with Crippen LogP contribution in [0, 0.1) is 22.6 Å². The van der Waals surface area contributed by atoms with Crippen LogP contribution in [0.2, 0.25) is 0 Å². The number of methoxy groups -OCH3 is 1. The fraction of sp³-hybridized carbons (Fsp3) is 0.458. The number of carbonyl (C=O) groups is 6. The lowest BCUT2D eigenvalue weighted by molar-refractivity contribution is -0.346. The molecule has 3 aliphatic carbocycles. The number of rotatable bonds is 11. The topological polar surface area (TPSA) is 231 Å². The number of halogens is 1. The van der Waals surface area contributed by atoms with Crippen LogP contribution in [0.5, 0.6) is 5.75 Å². The maximum Gasteiger partial charge on any atom is 0.338 e. The predicted octanol–water partition coefficient (Wildman–Crippen LogP) is 3.88. The van der Waals surface area contributed by atoms with Crippen LogP contribution in [-0.2, 0) is 42.9 Å². The van der Waals surface area contributed by atoms with Crippen molar-refractivity contribution in [3.05, 3.63) is 113 Å². The third kappa shape index (κ3) is 7.97. The maximum absolute atomic E-state index is 15.5. The maximum atomic E-state index is 15.5. The van der Waals surface area contributed by atoms with E-state index in [9.17, 15) is 43.7 Å². The smallest absolute Gasteiger partial charge is 0.338 e. The van der Waals surface area contributed by atoms with Gasteiger partial charge in [-0.25, -0.2) is 14.0 Å². The van der Waals surface area contributed by atoms with Crippen molar-refractivity contribution in [1.29, 1.82) is 0 Å². The first-order valence-electron chi connectivity index (χ1n) is 21.1. The summed E-state index contributed by atoms with van der Waals surface area (Å²) >= 11 is 0. The first-order chi connectivity index (χ1) is 30.6. The minimum atomic E-state index is -2.45. The number of aliphatic hydroxyl groups is 3. The summed E-state index contributed by atoms with van der Waals surface area (Å²) in [5.41, 5.74) is -7.73. The molecule has 17 heteroatoms. The van der Waals surface area contributed by atoms with Crippen LogP contribution in [0.1, 0.15) is 86.7 Å². The molecule has 346 valence electrons. The molecule has 0 radical (unpaired) electrons. The molecule has 1 unspecified atom stereocenters. The Morgan fingerprint density at radius 3 is 2.09 bits per heavy atom. The molecule has 3 aromatic carbocycles. The Morgan fingerprint density at radius 2 is 1.52 bits per heavy atom. The van der Waals surface area contributed by atoms with Gasteiger partial charge in [0.1, 0.15) is 35.5 Å². The molecule has 1 saturated heterocycles. The van der Waals surface area contributed by atoms with Gasteiger partial charge in [-0.1, -0.05) is 44.2 Å². The third-order valence-corrected chi connectivity index (χ3v) is 13.9. The van der Waals surface area contributed by atoms with Gasteiger partial charge in [-0.3, -0.25) is 19.2 Å². The van der Waals surface area contributed by atoms with Crippen molar-refractivity contribution in [2.45, 2.75) is 108 Å². The molecule has 2 saturated carbocycles. The van der Waals surface area contributed by atoms with Gasteiger partial charge < -0.3 is 49.1 Å². The molecule has 4 aliphatic rings. The molecular formula is C48H52FNO15. The quantitative estimate of drug-likeness (QED) is 0.122. The lowest BCUT2D eigenvalue weighted by Gasteiger charge is -2.67. The summed E-state index contributed by atoms with van der Waals surface area (Å²) in [5.74, 6) is -7.44. The average molecular weight is 902 g/mol. The highest BCUT2D eigenvalue weighted by atomic mass is 19.1. The van der Waals surface area contributed by atoms with Crippen LogP contribution in [0.25, 0.3) is 0 Å². The highest BCUT2D eigenvalue weighted by Crippen LogP contribution is 2.64. The van der Waals surface area contributed by atoms with Gasteiger partial charge in [0.05, 0.1) is 42.8 Å². The van der Waals surface area contributed by atoms with E-state index in [2.05, 4.69) is 5.32 Å². The summed E-state index contributed by atoms with van der Waals surface area (Å²) in [7, 11) is 1.45. The van der Waals surface area contributed by atoms with Crippen molar-refractivity contribution in [2.24, 2.45) is 16.7 Å². The van der Waals surface area contributed by atoms with E-state index >= 15 is 4.79 Å². The van der Waals surface area contributed by atoms with E-state index in [-0.39, 0.29) is 40.9 Å². The van der Waals surface area contributed by atoms with Crippen LogP contribution in [-0.4, -0.2) is 112 Å². The molecule has 11 atom stereocenters. The summed E-state index contributed by atoms with van der Waals surface area (Å²) in [6.07, 6.45) is -11.0. The molecule has 3 aromatic rings. The zero-order valence-corrected chi connectivity index (χ0v) is 36.9. The number of esters is 4. The molecule has 3 fully saturated rings. The molecule has 4 N–H and O–H groups in total. The lowest BCUT2D eigenvalue weighted by atomic mass is 9.44. The van der Waals surface area contributed by atoms with Gasteiger partial charge in [0.25, 0.3) is 5.91 Å². The van der Waals surface area contributed by atoms with Crippen LogP contribution in [0.3, 0.4) is 0 Å². The third-order valence-electron chi connectivity index (χ3n) is 13.9. The second-order valence-electron chi connectivity index (χ2n) is 17.9. The Kier molecular flexibility index (Phi) is 12.6. The van der Waals surface area contributed by atoms with Gasteiger partial charge in [0.2, 0.25) is 0 Å².